The lowest BCUT2D eigenvalue weighted by Gasteiger charge is -2.27. The van der Waals surface area contributed by atoms with Crippen LogP contribution in [-0.4, -0.2) is 28.1 Å². The minimum absolute atomic E-state index is 0.751. The van der Waals surface area contributed by atoms with E-state index in [1.807, 2.05) is 18.5 Å². The van der Waals surface area contributed by atoms with Gasteiger partial charge in [0.2, 0.25) is 0 Å². The van der Waals surface area contributed by atoms with Gasteiger partial charge in [-0.15, -0.1) is 0 Å². The Morgan fingerprint density at radius 1 is 0.683 bits per heavy atom. The topological polar surface area (TPSA) is 39.9 Å². The summed E-state index contributed by atoms with van der Waals surface area (Å²) in [5.41, 5.74) is 8.77. The van der Waals surface area contributed by atoms with Crippen LogP contribution in [0.15, 0.2) is 122 Å². The molecule has 198 valence electrons. The molecule has 0 spiro atoms. The highest BCUT2D eigenvalue weighted by atomic mass is 15.4. The van der Waals surface area contributed by atoms with Crippen molar-refractivity contribution in [3.63, 3.8) is 0 Å². The number of aromatic nitrogens is 3. The smallest absolute Gasteiger partial charge is 0.158 e. The van der Waals surface area contributed by atoms with Crippen LogP contribution in [0.25, 0.3) is 27.3 Å². The molecule has 0 atom stereocenters. The fourth-order valence-corrected chi connectivity index (χ4v) is 6.20. The molecule has 0 aliphatic carbocycles. The molecule has 0 bridgehead atoms. The molecule has 4 heterocycles. The van der Waals surface area contributed by atoms with Crippen LogP contribution in [-0.2, 0) is 0 Å². The highest BCUT2D eigenvalue weighted by molar-refractivity contribution is 6.13. The van der Waals surface area contributed by atoms with Gasteiger partial charge in [0, 0.05) is 58.7 Å². The number of pyridine rings is 2. The predicted molar refractivity (Wildman–Crippen MR) is 169 cm³/mol. The largest absolute Gasteiger partial charge is 0.354 e. The van der Waals surface area contributed by atoms with Crippen molar-refractivity contribution in [2.24, 2.45) is 0 Å². The van der Waals surface area contributed by atoms with E-state index in [9.17, 15) is 0 Å². The Hall–Kier alpha value is -5.36. The predicted octanol–water partition coefficient (Wildman–Crippen LogP) is 8.36. The molecule has 1 aliphatic rings. The van der Waals surface area contributed by atoms with Crippen molar-refractivity contribution in [2.45, 2.75) is 6.92 Å². The summed E-state index contributed by atoms with van der Waals surface area (Å²) in [5.74, 6) is 0.980. The zero-order valence-corrected chi connectivity index (χ0v) is 22.9. The van der Waals surface area contributed by atoms with E-state index in [2.05, 4.69) is 136 Å². The minimum Gasteiger partial charge on any atom is -0.354 e. The zero-order valence-electron chi connectivity index (χ0n) is 22.9. The second-order valence-electron chi connectivity index (χ2n) is 10.6. The number of benzene rings is 4. The van der Waals surface area contributed by atoms with Crippen LogP contribution in [0.5, 0.6) is 0 Å². The van der Waals surface area contributed by atoms with Crippen LogP contribution in [0.1, 0.15) is 5.69 Å². The van der Waals surface area contributed by atoms with E-state index in [0.29, 0.717) is 0 Å². The lowest BCUT2D eigenvalue weighted by molar-refractivity contribution is 0.944. The molecule has 0 radical (unpaired) electrons. The maximum Gasteiger partial charge on any atom is 0.158 e. The highest BCUT2D eigenvalue weighted by Crippen LogP contribution is 2.42. The molecule has 0 saturated heterocycles. The van der Waals surface area contributed by atoms with E-state index < -0.39 is 0 Å². The van der Waals surface area contributed by atoms with Crippen molar-refractivity contribution >= 4 is 61.6 Å². The number of anilines is 6. The number of aryl methyl sites for hydroxylation is 1. The zero-order chi connectivity index (χ0) is 27.5. The van der Waals surface area contributed by atoms with Gasteiger partial charge in [0.15, 0.2) is 5.82 Å². The lowest BCUT2D eigenvalue weighted by Crippen LogP contribution is -2.24. The normalized spacial score (nSPS) is 12.9. The van der Waals surface area contributed by atoms with Gasteiger partial charge in [-0.1, -0.05) is 48.5 Å². The Bertz CT molecular complexity index is 2080. The molecule has 8 rings (SSSR count). The van der Waals surface area contributed by atoms with E-state index in [-0.39, 0.29) is 0 Å². The molecule has 0 amide bonds. The van der Waals surface area contributed by atoms with E-state index in [4.69, 9.17) is 9.97 Å². The molecule has 0 fully saturated rings. The number of hydrogen-bond donors (Lipinski definition) is 0. The number of fused-ring (bicyclic) bond motifs is 7. The van der Waals surface area contributed by atoms with E-state index in [1.54, 1.807) is 0 Å². The SMILES string of the molecule is Cc1cnc2c3cc(N(c4ccccc4)c4cccc(N5CN(C)c6cccnc65)c4)ccc3c3ccccc3n12. The van der Waals surface area contributed by atoms with E-state index in [1.165, 1.54) is 16.3 Å². The third kappa shape index (κ3) is 3.64. The van der Waals surface area contributed by atoms with Gasteiger partial charge in [0.05, 0.1) is 17.9 Å². The average Bonchev–Trinajstić information content (AvgIpc) is 3.58. The second-order valence-corrected chi connectivity index (χ2v) is 10.6. The van der Waals surface area contributed by atoms with Gasteiger partial charge in [-0.3, -0.25) is 4.40 Å². The average molecular weight is 533 g/mol. The fourth-order valence-electron chi connectivity index (χ4n) is 6.20. The van der Waals surface area contributed by atoms with Gasteiger partial charge < -0.3 is 14.7 Å². The molecule has 6 heteroatoms. The summed E-state index contributed by atoms with van der Waals surface area (Å²) in [5, 5.41) is 3.55. The number of rotatable bonds is 4. The quantitative estimate of drug-likeness (QED) is 0.213. The monoisotopic (exact) mass is 532 g/mol. The maximum absolute atomic E-state index is 4.86. The highest BCUT2D eigenvalue weighted by Gasteiger charge is 2.26. The van der Waals surface area contributed by atoms with Crippen molar-refractivity contribution in [1.29, 1.82) is 0 Å². The summed E-state index contributed by atoms with van der Waals surface area (Å²) in [6.45, 7) is 2.87. The van der Waals surface area contributed by atoms with Gasteiger partial charge in [0.1, 0.15) is 5.65 Å². The molecule has 7 aromatic rings. The van der Waals surface area contributed by atoms with Gasteiger partial charge in [-0.05, 0) is 73.0 Å². The Kier molecular flexibility index (Phi) is 5.22. The third-order valence-electron chi connectivity index (χ3n) is 8.08. The lowest BCUT2D eigenvalue weighted by atomic mass is 10.0. The third-order valence-corrected chi connectivity index (χ3v) is 8.08. The first-order valence-electron chi connectivity index (χ1n) is 13.8. The van der Waals surface area contributed by atoms with Crippen LogP contribution < -0.4 is 14.7 Å². The van der Waals surface area contributed by atoms with Crippen LogP contribution in [0.3, 0.4) is 0 Å². The molecule has 0 unspecified atom stereocenters. The second kappa shape index (κ2) is 9.10. The number of para-hydroxylation sites is 2. The van der Waals surface area contributed by atoms with Crippen molar-refractivity contribution in [3.05, 3.63) is 127 Å². The number of nitrogens with zero attached hydrogens (tertiary/aromatic N) is 6. The molecule has 1 aliphatic heterocycles. The molecular weight excluding hydrogens is 504 g/mol. The Balaban J connectivity index is 1.33. The molecule has 6 nitrogen and oxygen atoms in total. The van der Waals surface area contributed by atoms with Crippen molar-refractivity contribution in [3.8, 4) is 0 Å². The Morgan fingerprint density at radius 2 is 1.49 bits per heavy atom. The van der Waals surface area contributed by atoms with Crippen molar-refractivity contribution < 1.29 is 0 Å². The van der Waals surface area contributed by atoms with E-state index in [0.717, 1.165) is 57.7 Å². The fraction of sp³-hybridized carbons (Fsp3) is 0.0857. The van der Waals surface area contributed by atoms with Crippen molar-refractivity contribution in [2.75, 3.05) is 28.4 Å². The van der Waals surface area contributed by atoms with Crippen LogP contribution in [0.2, 0.25) is 0 Å². The first-order valence-corrected chi connectivity index (χ1v) is 13.8. The summed E-state index contributed by atoms with van der Waals surface area (Å²) in [6, 6.07) is 38.7. The maximum atomic E-state index is 4.86. The first kappa shape index (κ1) is 23.5. The summed E-state index contributed by atoms with van der Waals surface area (Å²) in [7, 11) is 2.11. The van der Waals surface area contributed by atoms with Crippen LogP contribution >= 0.6 is 0 Å². The summed E-state index contributed by atoms with van der Waals surface area (Å²) in [6.07, 6.45) is 3.83. The van der Waals surface area contributed by atoms with Gasteiger partial charge in [-0.2, -0.15) is 0 Å². The molecule has 0 N–H and O–H groups in total. The standard InChI is InChI=1S/C35H28N6/c1-24-22-37-34-31-21-28(17-18-29(31)30-14-6-7-15-32(30)40(24)34)41(25-10-4-3-5-11-25)27-13-8-12-26(20-27)39-23-38(2)33-16-9-19-36-35(33)39/h3-22H,23H2,1-2H3. The van der Waals surface area contributed by atoms with E-state index >= 15 is 0 Å². The molecule has 4 aromatic carbocycles. The van der Waals surface area contributed by atoms with Gasteiger partial charge in [0.25, 0.3) is 0 Å². The molecule has 0 saturated carbocycles. The minimum atomic E-state index is 0.751. The van der Waals surface area contributed by atoms with Crippen LogP contribution in [0.4, 0.5) is 34.3 Å². The first-order chi connectivity index (χ1) is 20.2. The molecular formula is C35H28N6. The van der Waals surface area contributed by atoms with Gasteiger partial charge >= 0.3 is 0 Å². The summed E-state index contributed by atoms with van der Waals surface area (Å²) >= 11 is 0. The number of hydrogen-bond acceptors (Lipinski definition) is 5. The Morgan fingerprint density at radius 3 is 2.39 bits per heavy atom. The molecule has 41 heavy (non-hydrogen) atoms. The van der Waals surface area contributed by atoms with Crippen LogP contribution in [0, 0.1) is 6.92 Å². The van der Waals surface area contributed by atoms with Gasteiger partial charge in [-0.25, -0.2) is 9.97 Å². The molecule has 3 aromatic heterocycles. The summed E-state index contributed by atoms with van der Waals surface area (Å²) in [4.78, 5) is 16.4. The Labute approximate surface area is 238 Å². The van der Waals surface area contributed by atoms with Crippen molar-refractivity contribution in [1.82, 2.24) is 14.4 Å². The number of imidazole rings is 1. The summed E-state index contributed by atoms with van der Waals surface area (Å²) < 4.78 is 2.27.